The van der Waals surface area contributed by atoms with Crippen LogP contribution in [0.1, 0.15) is 40.0 Å². The van der Waals surface area contributed by atoms with Crippen LogP contribution in [0.15, 0.2) is 0 Å². The van der Waals surface area contributed by atoms with E-state index in [4.69, 9.17) is 9.57 Å². The molecule has 0 heterocycles. The molecule has 0 saturated carbocycles. The molecule has 0 bridgehead atoms. The lowest BCUT2D eigenvalue weighted by Crippen LogP contribution is -2.24. The van der Waals surface area contributed by atoms with Crippen molar-refractivity contribution in [1.82, 2.24) is 10.8 Å². The highest BCUT2D eigenvalue weighted by Gasteiger charge is 1.87. The van der Waals surface area contributed by atoms with Gasteiger partial charge in [0.05, 0.1) is 0 Å². The number of hydrogen-bond donors (Lipinski definition) is 2. The summed E-state index contributed by atoms with van der Waals surface area (Å²) in [6.07, 6.45) is 3.59. The first-order valence-corrected chi connectivity index (χ1v) is 5.48. The van der Waals surface area contributed by atoms with Crippen LogP contribution in [-0.4, -0.2) is 27.1 Å². The topological polar surface area (TPSA) is 42.5 Å². The van der Waals surface area contributed by atoms with Gasteiger partial charge in [-0.05, 0) is 13.5 Å². The highest BCUT2D eigenvalue weighted by molar-refractivity contribution is 4.34. The Labute approximate surface area is 88.3 Å². The molecule has 88 valence electrons. The Bertz CT molecular complexity index is 72.5. The van der Waals surface area contributed by atoms with Crippen LogP contribution < -0.4 is 10.8 Å². The molecule has 2 N–H and O–H groups in total. The molecule has 0 aliphatic rings. The van der Waals surface area contributed by atoms with Crippen molar-refractivity contribution in [2.75, 3.05) is 27.1 Å². The molecule has 0 aromatic carbocycles. The van der Waals surface area contributed by atoms with E-state index in [1.165, 1.54) is 12.8 Å². The van der Waals surface area contributed by atoms with Gasteiger partial charge in [0.25, 0.3) is 0 Å². The fourth-order valence-electron chi connectivity index (χ4n) is 0.733. The van der Waals surface area contributed by atoms with E-state index in [2.05, 4.69) is 17.7 Å². The van der Waals surface area contributed by atoms with Gasteiger partial charge in [-0.1, -0.05) is 33.6 Å². The summed E-state index contributed by atoms with van der Waals surface area (Å²) in [5, 5.41) is 2.84. The second kappa shape index (κ2) is 18.6. The molecule has 0 radical (unpaired) electrons. The third-order valence-corrected chi connectivity index (χ3v) is 1.37. The van der Waals surface area contributed by atoms with E-state index in [-0.39, 0.29) is 0 Å². The second-order valence-corrected chi connectivity index (χ2v) is 2.55. The maximum atomic E-state index is 5.22. The molecule has 0 rings (SSSR count). The van der Waals surface area contributed by atoms with Gasteiger partial charge in [-0.3, -0.25) is 10.2 Å². The normalized spacial score (nSPS) is 9.43. The Morgan fingerprint density at radius 2 is 1.79 bits per heavy atom. The van der Waals surface area contributed by atoms with Crippen molar-refractivity contribution in [2.45, 2.75) is 40.0 Å². The molecule has 14 heavy (non-hydrogen) atoms. The largest absolute Gasteiger partial charge is 0.364 e. The van der Waals surface area contributed by atoms with Crippen molar-refractivity contribution in [2.24, 2.45) is 0 Å². The summed E-state index contributed by atoms with van der Waals surface area (Å²) in [6.45, 7) is 7.95. The minimum atomic E-state index is 0.464. The lowest BCUT2D eigenvalue weighted by molar-refractivity contribution is -0.0388. The smallest absolute Gasteiger partial charge is 0.119 e. The van der Waals surface area contributed by atoms with Gasteiger partial charge in [0.15, 0.2) is 0 Å². The third-order valence-electron chi connectivity index (χ3n) is 1.37. The van der Waals surface area contributed by atoms with Crippen molar-refractivity contribution in [3.63, 3.8) is 0 Å². The monoisotopic (exact) mass is 206 g/mol. The Hall–Kier alpha value is -0.160. The SMILES string of the molecule is CC.CCCCCOCNOCNC. The summed E-state index contributed by atoms with van der Waals surface area (Å²) in [6, 6.07) is 0. The number of rotatable bonds is 9. The molecule has 0 amide bonds. The fourth-order valence-corrected chi connectivity index (χ4v) is 0.733. The van der Waals surface area contributed by atoms with Crippen LogP contribution in [0.4, 0.5) is 0 Å². The van der Waals surface area contributed by atoms with Crippen LogP contribution in [-0.2, 0) is 9.57 Å². The quantitative estimate of drug-likeness (QED) is 0.343. The molecule has 4 heteroatoms. The minimum absolute atomic E-state index is 0.464. The zero-order valence-corrected chi connectivity index (χ0v) is 10.1. The first kappa shape index (κ1) is 16.3. The molecule has 0 saturated heterocycles. The molecule has 0 aromatic heterocycles. The molecule has 0 aliphatic carbocycles. The van der Waals surface area contributed by atoms with Crippen molar-refractivity contribution in [3.05, 3.63) is 0 Å². The van der Waals surface area contributed by atoms with Crippen LogP contribution in [0.3, 0.4) is 0 Å². The summed E-state index contributed by atoms with van der Waals surface area (Å²) in [4.78, 5) is 4.90. The Morgan fingerprint density at radius 1 is 1.07 bits per heavy atom. The minimum Gasteiger partial charge on any atom is -0.364 e. The van der Waals surface area contributed by atoms with Gasteiger partial charge in [0.2, 0.25) is 0 Å². The van der Waals surface area contributed by atoms with E-state index in [9.17, 15) is 0 Å². The zero-order valence-electron chi connectivity index (χ0n) is 10.1. The molecule has 0 atom stereocenters. The van der Waals surface area contributed by atoms with Crippen LogP contribution in [0.5, 0.6) is 0 Å². The van der Waals surface area contributed by atoms with Crippen molar-refractivity contribution in [3.8, 4) is 0 Å². The average molecular weight is 206 g/mol. The lowest BCUT2D eigenvalue weighted by Gasteiger charge is -2.05. The molecule has 4 nitrogen and oxygen atoms in total. The van der Waals surface area contributed by atoms with E-state index < -0.39 is 0 Å². The lowest BCUT2D eigenvalue weighted by atomic mass is 10.3. The van der Waals surface area contributed by atoms with Gasteiger partial charge in [0, 0.05) is 6.61 Å². The highest BCUT2D eigenvalue weighted by Crippen LogP contribution is 1.92. The number of hydroxylamine groups is 1. The Kier molecular flexibility index (Phi) is 21.6. The summed E-state index contributed by atoms with van der Waals surface area (Å²) >= 11 is 0. The maximum absolute atomic E-state index is 5.22. The first-order valence-electron chi connectivity index (χ1n) is 5.48. The molecule has 0 aliphatic heterocycles. The van der Waals surface area contributed by atoms with Crippen molar-refractivity contribution < 1.29 is 9.57 Å². The molecular formula is C10H26N2O2. The maximum Gasteiger partial charge on any atom is 0.119 e. The van der Waals surface area contributed by atoms with E-state index >= 15 is 0 Å². The average Bonchev–Trinajstić information content (AvgIpc) is 2.25. The number of nitrogens with one attached hydrogen (secondary N) is 2. The van der Waals surface area contributed by atoms with E-state index in [1.54, 1.807) is 0 Å². The van der Waals surface area contributed by atoms with Crippen LogP contribution >= 0.6 is 0 Å². The van der Waals surface area contributed by atoms with Gasteiger partial charge in [-0.15, -0.1) is 0 Å². The van der Waals surface area contributed by atoms with Gasteiger partial charge in [0.1, 0.15) is 13.5 Å². The number of ether oxygens (including phenoxy) is 1. The summed E-state index contributed by atoms with van der Waals surface area (Å²) in [5.74, 6) is 0. The molecule has 0 aromatic rings. The zero-order chi connectivity index (χ0) is 11.1. The third kappa shape index (κ3) is 17.8. The summed E-state index contributed by atoms with van der Waals surface area (Å²) < 4.78 is 5.22. The summed E-state index contributed by atoms with van der Waals surface area (Å²) in [5.41, 5.74) is 2.68. The molecular weight excluding hydrogens is 180 g/mol. The van der Waals surface area contributed by atoms with Crippen LogP contribution in [0.2, 0.25) is 0 Å². The predicted molar refractivity (Wildman–Crippen MR) is 59.8 cm³/mol. The van der Waals surface area contributed by atoms with Gasteiger partial charge in [-0.2, -0.15) is 5.48 Å². The van der Waals surface area contributed by atoms with Gasteiger partial charge < -0.3 is 4.74 Å². The second-order valence-electron chi connectivity index (χ2n) is 2.55. The highest BCUT2D eigenvalue weighted by atomic mass is 16.7. The standard InChI is InChI=1S/C8H20N2O2.C2H6/c1-3-4-5-6-11-8-10-12-7-9-2;1-2/h9-10H,3-8H2,1-2H3;1-2H3. The number of unbranched alkanes of at least 4 members (excludes halogenated alkanes) is 2. The van der Waals surface area contributed by atoms with Crippen molar-refractivity contribution >= 4 is 0 Å². The summed E-state index contributed by atoms with van der Waals surface area (Å²) in [7, 11) is 1.82. The van der Waals surface area contributed by atoms with Gasteiger partial charge in [-0.25, -0.2) is 0 Å². The van der Waals surface area contributed by atoms with E-state index in [1.807, 2.05) is 20.9 Å². The van der Waals surface area contributed by atoms with Crippen LogP contribution in [0.25, 0.3) is 0 Å². The Balaban J connectivity index is 0. The van der Waals surface area contributed by atoms with Gasteiger partial charge >= 0.3 is 0 Å². The fraction of sp³-hybridized carbons (Fsp3) is 1.00. The molecule has 0 unspecified atom stereocenters. The van der Waals surface area contributed by atoms with E-state index in [0.717, 1.165) is 13.0 Å². The molecule has 0 fully saturated rings. The number of hydrogen-bond acceptors (Lipinski definition) is 4. The Morgan fingerprint density at radius 3 is 2.36 bits per heavy atom. The molecule has 0 spiro atoms. The van der Waals surface area contributed by atoms with Crippen LogP contribution in [0, 0.1) is 0 Å². The predicted octanol–water partition coefficient (Wildman–Crippen LogP) is 1.87. The first-order chi connectivity index (χ1) is 6.91. The van der Waals surface area contributed by atoms with Crippen molar-refractivity contribution in [1.29, 1.82) is 0 Å². The van der Waals surface area contributed by atoms with E-state index in [0.29, 0.717) is 13.5 Å².